The Morgan fingerprint density at radius 3 is 2.51 bits per heavy atom. The summed E-state index contributed by atoms with van der Waals surface area (Å²) in [5, 5.41) is 6.71. The molecule has 260 valence electrons. The Kier molecular flexibility index (Phi) is 8.63. The van der Waals surface area contributed by atoms with Crippen LogP contribution in [0.25, 0.3) is 21.9 Å². The largest absolute Gasteiger partial charge is 0.416 e. The van der Waals surface area contributed by atoms with Crippen molar-refractivity contribution in [2.24, 2.45) is 0 Å². The molecule has 2 aromatic heterocycles. The molecule has 0 aliphatic carbocycles. The summed E-state index contributed by atoms with van der Waals surface area (Å²) >= 11 is 0. The third-order valence-electron chi connectivity index (χ3n) is 9.31. The minimum absolute atomic E-state index is 0.0205. The topological polar surface area (TPSA) is 134 Å². The van der Waals surface area contributed by atoms with Gasteiger partial charge in [0, 0.05) is 55.1 Å². The van der Waals surface area contributed by atoms with Gasteiger partial charge in [0.2, 0.25) is 11.8 Å². The van der Waals surface area contributed by atoms with Gasteiger partial charge in [-0.25, -0.2) is 4.98 Å². The third-order valence-corrected chi connectivity index (χ3v) is 9.31. The first-order valence-electron chi connectivity index (χ1n) is 16.2. The van der Waals surface area contributed by atoms with Gasteiger partial charge in [0.15, 0.2) is 0 Å². The zero-order chi connectivity index (χ0) is 36.0. The molecule has 2 aliphatic heterocycles. The number of benzene rings is 3. The van der Waals surface area contributed by atoms with Gasteiger partial charge in [-0.05, 0) is 67.1 Å². The lowest BCUT2D eigenvalue weighted by molar-refractivity contribution is -0.138. The first kappa shape index (κ1) is 33.6. The summed E-state index contributed by atoms with van der Waals surface area (Å²) in [5.74, 6) is -3.57. The quantitative estimate of drug-likeness (QED) is 0.214. The molecule has 0 bridgehead atoms. The van der Waals surface area contributed by atoms with Gasteiger partial charge in [-0.3, -0.25) is 34.2 Å². The number of hydrogen-bond donors (Lipinski definition) is 2. The number of halogens is 3. The Bertz CT molecular complexity index is 2210. The predicted octanol–water partition coefficient (Wildman–Crippen LogP) is 4.67. The summed E-state index contributed by atoms with van der Waals surface area (Å²) in [7, 11) is 1.84. The Hall–Kier alpha value is -5.89. The number of fused-ring (bicyclic) bond motifs is 4. The molecule has 5 amide bonds. The van der Waals surface area contributed by atoms with E-state index in [0.717, 1.165) is 32.9 Å². The number of aromatic nitrogens is 2. The Labute approximate surface area is 289 Å². The summed E-state index contributed by atoms with van der Waals surface area (Å²) in [5.41, 5.74) is 1.11. The van der Waals surface area contributed by atoms with Crippen molar-refractivity contribution in [1.29, 1.82) is 0 Å². The van der Waals surface area contributed by atoms with Gasteiger partial charge >= 0.3 is 6.18 Å². The van der Waals surface area contributed by atoms with Crippen molar-refractivity contribution in [1.82, 2.24) is 30.0 Å². The number of para-hydroxylation sites is 1. The molecule has 5 aromatic rings. The van der Waals surface area contributed by atoms with Crippen LogP contribution in [-0.2, 0) is 35.4 Å². The summed E-state index contributed by atoms with van der Waals surface area (Å²) < 4.78 is 44.9. The van der Waals surface area contributed by atoms with Crippen LogP contribution in [0.3, 0.4) is 0 Å². The number of hydrogen-bond acceptors (Lipinski definition) is 7. The van der Waals surface area contributed by atoms with Crippen LogP contribution < -0.4 is 10.6 Å². The number of likely N-dealkylation sites (N-methyl/N-ethyl adjacent to an activating group) is 1. The SMILES string of the molecule is CN(CCn1c2ccccc2c2cccnc21)Cc1ccc(CNC(=O)c2ccc3c(c2)C(=O)N(C2CCC(=O)NC2=O)C3=O)c(C(F)(F)F)c1. The lowest BCUT2D eigenvalue weighted by atomic mass is 10.0. The van der Waals surface area contributed by atoms with E-state index in [0.29, 0.717) is 18.7 Å². The minimum Gasteiger partial charge on any atom is -0.348 e. The average Bonchev–Trinajstić information content (AvgIpc) is 3.56. The van der Waals surface area contributed by atoms with Gasteiger partial charge in [-0.1, -0.05) is 30.3 Å². The fourth-order valence-electron chi connectivity index (χ4n) is 6.79. The maximum absolute atomic E-state index is 14.3. The highest BCUT2D eigenvalue weighted by molar-refractivity contribution is 6.24. The molecular formula is C37H31F3N6O5. The molecule has 1 saturated heterocycles. The normalized spacial score (nSPS) is 16.3. The number of alkyl halides is 3. The molecular weight excluding hydrogens is 665 g/mol. The van der Waals surface area contributed by atoms with Crippen LogP contribution in [0.5, 0.6) is 0 Å². The van der Waals surface area contributed by atoms with E-state index in [2.05, 4.69) is 20.2 Å². The van der Waals surface area contributed by atoms with E-state index < -0.39 is 53.9 Å². The van der Waals surface area contributed by atoms with Crippen molar-refractivity contribution in [2.45, 2.75) is 44.7 Å². The Morgan fingerprint density at radius 2 is 1.73 bits per heavy atom. The second kappa shape index (κ2) is 13.1. The van der Waals surface area contributed by atoms with Gasteiger partial charge in [0.05, 0.1) is 22.2 Å². The molecule has 1 atom stereocenters. The van der Waals surface area contributed by atoms with E-state index in [-0.39, 0.29) is 41.6 Å². The van der Waals surface area contributed by atoms with Crippen molar-refractivity contribution in [3.05, 3.63) is 112 Å². The van der Waals surface area contributed by atoms with E-state index in [4.69, 9.17) is 0 Å². The van der Waals surface area contributed by atoms with Gasteiger partial charge in [0.1, 0.15) is 11.7 Å². The molecule has 0 radical (unpaired) electrons. The van der Waals surface area contributed by atoms with Gasteiger partial charge in [0.25, 0.3) is 17.7 Å². The molecule has 1 unspecified atom stereocenters. The van der Waals surface area contributed by atoms with Crippen molar-refractivity contribution in [2.75, 3.05) is 13.6 Å². The molecule has 2 N–H and O–H groups in total. The Morgan fingerprint density at radius 1 is 0.961 bits per heavy atom. The summed E-state index contributed by atoms with van der Waals surface area (Å²) in [6.07, 6.45) is -3.03. The highest BCUT2D eigenvalue weighted by Gasteiger charge is 2.44. The zero-order valence-corrected chi connectivity index (χ0v) is 27.3. The molecule has 7 rings (SSSR count). The maximum Gasteiger partial charge on any atom is 0.416 e. The summed E-state index contributed by atoms with van der Waals surface area (Å²) in [6.45, 7) is 0.920. The third kappa shape index (κ3) is 6.34. The van der Waals surface area contributed by atoms with Crippen LogP contribution in [0, 0.1) is 0 Å². The number of pyridine rings is 1. The van der Waals surface area contributed by atoms with Crippen molar-refractivity contribution >= 4 is 51.5 Å². The second-order valence-corrected chi connectivity index (χ2v) is 12.7. The summed E-state index contributed by atoms with van der Waals surface area (Å²) in [6, 6.07) is 18.5. The van der Waals surface area contributed by atoms with Crippen molar-refractivity contribution < 1.29 is 37.1 Å². The van der Waals surface area contributed by atoms with Crippen LogP contribution in [0.1, 0.15) is 60.6 Å². The van der Waals surface area contributed by atoms with Gasteiger partial charge < -0.3 is 14.8 Å². The zero-order valence-electron chi connectivity index (χ0n) is 27.3. The van der Waals surface area contributed by atoms with Crippen LogP contribution in [0.2, 0.25) is 0 Å². The fraction of sp³-hybridized carbons (Fsp3) is 0.243. The van der Waals surface area contributed by atoms with E-state index >= 15 is 0 Å². The first-order valence-corrected chi connectivity index (χ1v) is 16.2. The molecule has 1 fully saturated rings. The Balaban J connectivity index is 1.02. The van der Waals surface area contributed by atoms with Crippen molar-refractivity contribution in [3.8, 4) is 0 Å². The second-order valence-electron chi connectivity index (χ2n) is 12.7. The molecule has 11 nitrogen and oxygen atoms in total. The molecule has 4 heterocycles. The molecule has 3 aromatic carbocycles. The van der Waals surface area contributed by atoms with E-state index in [9.17, 15) is 37.1 Å². The summed E-state index contributed by atoms with van der Waals surface area (Å²) in [4.78, 5) is 70.3. The van der Waals surface area contributed by atoms with Crippen LogP contribution in [0.15, 0.2) is 79.0 Å². The number of amides is 5. The van der Waals surface area contributed by atoms with E-state index in [1.807, 2.05) is 48.3 Å². The number of carbonyl (C=O) groups is 5. The predicted molar refractivity (Wildman–Crippen MR) is 179 cm³/mol. The molecule has 14 heteroatoms. The molecule has 2 aliphatic rings. The van der Waals surface area contributed by atoms with Crippen LogP contribution >= 0.6 is 0 Å². The van der Waals surface area contributed by atoms with Crippen LogP contribution in [-0.4, -0.2) is 68.5 Å². The first-order chi connectivity index (χ1) is 24.4. The van der Waals surface area contributed by atoms with E-state index in [1.165, 1.54) is 24.3 Å². The van der Waals surface area contributed by atoms with Crippen LogP contribution in [0.4, 0.5) is 13.2 Å². The number of piperidine rings is 1. The number of carbonyl (C=O) groups excluding carboxylic acids is 5. The standard InChI is InChI=1S/C37H31F3N6O5/c1-44(15-16-45-29-7-3-2-5-24(29)25-6-4-14-41-32(25)45)20-21-8-9-23(28(17-21)37(38,39)40)19-42-33(48)22-10-11-26-27(18-22)36(51)46(35(26)50)30-12-13-31(47)43-34(30)49/h2-11,14,17-18,30H,12-13,15-16,19-20H2,1H3,(H,42,48)(H,43,47,49). The fourth-order valence-corrected chi connectivity index (χ4v) is 6.79. The molecule has 0 spiro atoms. The minimum atomic E-state index is -4.69. The molecule has 51 heavy (non-hydrogen) atoms. The highest BCUT2D eigenvalue weighted by Crippen LogP contribution is 2.34. The van der Waals surface area contributed by atoms with Gasteiger partial charge in [-0.15, -0.1) is 0 Å². The average molecular weight is 697 g/mol. The smallest absolute Gasteiger partial charge is 0.348 e. The number of nitrogens with one attached hydrogen (secondary N) is 2. The highest BCUT2D eigenvalue weighted by atomic mass is 19.4. The van der Waals surface area contributed by atoms with E-state index in [1.54, 1.807) is 12.3 Å². The number of imide groups is 2. The lowest BCUT2D eigenvalue weighted by Gasteiger charge is -2.27. The molecule has 0 saturated carbocycles. The number of rotatable bonds is 9. The van der Waals surface area contributed by atoms with Crippen molar-refractivity contribution in [3.63, 3.8) is 0 Å². The lowest BCUT2D eigenvalue weighted by Crippen LogP contribution is -2.54. The maximum atomic E-state index is 14.3. The van der Waals surface area contributed by atoms with Gasteiger partial charge in [-0.2, -0.15) is 13.2 Å². The monoisotopic (exact) mass is 696 g/mol. The number of nitrogens with zero attached hydrogens (tertiary/aromatic N) is 4.